The zero-order chi connectivity index (χ0) is 24.4. The highest BCUT2D eigenvalue weighted by atomic mass is 19.1. The first kappa shape index (κ1) is 28.3. The molecule has 0 spiro atoms. The summed E-state index contributed by atoms with van der Waals surface area (Å²) in [6.07, 6.45) is 19.7. The van der Waals surface area contributed by atoms with Crippen LogP contribution in [0.3, 0.4) is 0 Å². The second kappa shape index (κ2) is 17.5. The highest BCUT2D eigenvalue weighted by Gasteiger charge is 2.15. The molecule has 0 saturated heterocycles. The third-order valence-corrected chi connectivity index (χ3v) is 6.68. The second-order valence-electron chi connectivity index (χ2n) is 9.79. The Morgan fingerprint density at radius 1 is 0.765 bits per heavy atom. The first-order valence-electron chi connectivity index (χ1n) is 13.8. The summed E-state index contributed by atoms with van der Waals surface area (Å²) in [6, 6.07) is 8.58. The van der Waals surface area contributed by atoms with E-state index in [4.69, 9.17) is 4.74 Å². The lowest BCUT2D eigenvalue weighted by molar-refractivity contribution is 0.178. The lowest BCUT2D eigenvalue weighted by Crippen LogP contribution is -2.16. The van der Waals surface area contributed by atoms with Gasteiger partial charge in [-0.15, -0.1) is 0 Å². The quantitative estimate of drug-likeness (QED) is 0.192. The lowest BCUT2D eigenvalue weighted by atomic mass is 9.99. The molecule has 2 atom stereocenters. The van der Waals surface area contributed by atoms with Crippen LogP contribution in [0.25, 0.3) is 11.4 Å². The summed E-state index contributed by atoms with van der Waals surface area (Å²) in [5, 5.41) is 0. The van der Waals surface area contributed by atoms with Crippen LogP contribution >= 0.6 is 0 Å². The van der Waals surface area contributed by atoms with Gasteiger partial charge in [0, 0.05) is 12.0 Å². The van der Waals surface area contributed by atoms with Gasteiger partial charge in [-0.05, 0) is 30.7 Å². The van der Waals surface area contributed by atoms with Crippen molar-refractivity contribution >= 4 is 0 Å². The van der Waals surface area contributed by atoms with E-state index in [0.717, 1.165) is 24.8 Å². The Balaban J connectivity index is 1.63. The van der Waals surface area contributed by atoms with Gasteiger partial charge in [-0.3, -0.25) is 0 Å². The zero-order valence-electron chi connectivity index (χ0n) is 21.9. The number of benzene rings is 1. The molecule has 2 aromatic rings. The Morgan fingerprint density at radius 2 is 1.35 bits per heavy atom. The summed E-state index contributed by atoms with van der Waals surface area (Å²) in [4.78, 5) is 8.88. The molecule has 4 heteroatoms. The summed E-state index contributed by atoms with van der Waals surface area (Å²) in [5.41, 5.74) is 2.39. The SMILES string of the molecule is CCCCCCCCCCCCc1ccc(-c2ncc(OCCC(F)C(C)CCC)cn2)cc1. The number of aryl methyl sites for hydroxylation is 1. The van der Waals surface area contributed by atoms with Crippen molar-refractivity contribution in [2.75, 3.05) is 6.61 Å². The average Bonchev–Trinajstić information content (AvgIpc) is 2.86. The molecule has 0 fully saturated rings. The molecule has 190 valence electrons. The normalized spacial score (nSPS) is 13.1. The van der Waals surface area contributed by atoms with Gasteiger partial charge in [0.05, 0.1) is 19.0 Å². The van der Waals surface area contributed by atoms with Crippen molar-refractivity contribution in [2.24, 2.45) is 5.92 Å². The maximum Gasteiger partial charge on any atom is 0.159 e. The van der Waals surface area contributed by atoms with Crippen molar-refractivity contribution in [3.8, 4) is 17.1 Å². The van der Waals surface area contributed by atoms with Crippen LogP contribution in [0.4, 0.5) is 4.39 Å². The van der Waals surface area contributed by atoms with E-state index < -0.39 is 6.17 Å². The van der Waals surface area contributed by atoms with Crippen LogP contribution in [-0.4, -0.2) is 22.7 Å². The van der Waals surface area contributed by atoms with Gasteiger partial charge in [0.2, 0.25) is 0 Å². The molecule has 0 amide bonds. The van der Waals surface area contributed by atoms with Crippen molar-refractivity contribution in [1.82, 2.24) is 9.97 Å². The first-order chi connectivity index (χ1) is 16.6. The molecular weight excluding hydrogens is 423 g/mol. The highest BCUT2D eigenvalue weighted by Crippen LogP contribution is 2.20. The molecular formula is C30H47FN2O. The predicted octanol–water partition coefficient (Wildman–Crippen LogP) is 9.15. The Morgan fingerprint density at radius 3 is 1.94 bits per heavy atom. The molecule has 0 aliphatic carbocycles. The third kappa shape index (κ3) is 11.4. The maximum atomic E-state index is 14.1. The highest BCUT2D eigenvalue weighted by molar-refractivity contribution is 5.55. The summed E-state index contributed by atoms with van der Waals surface area (Å²) in [5.74, 6) is 1.37. The van der Waals surface area contributed by atoms with Crippen LogP contribution in [0.2, 0.25) is 0 Å². The van der Waals surface area contributed by atoms with Crippen molar-refractivity contribution < 1.29 is 9.13 Å². The van der Waals surface area contributed by atoms with E-state index in [1.807, 2.05) is 6.92 Å². The molecule has 34 heavy (non-hydrogen) atoms. The topological polar surface area (TPSA) is 35.0 Å². The molecule has 0 bridgehead atoms. The molecule has 1 heterocycles. The second-order valence-corrected chi connectivity index (χ2v) is 9.79. The van der Waals surface area contributed by atoms with E-state index in [-0.39, 0.29) is 5.92 Å². The molecule has 0 aliphatic rings. The summed E-state index contributed by atoms with van der Waals surface area (Å²) in [7, 11) is 0. The molecule has 0 N–H and O–H groups in total. The number of unbranched alkanes of at least 4 members (excludes halogenated alkanes) is 9. The van der Waals surface area contributed by atoms with E-state index >= 15 is 0 Å². The van der Waals surface area contributed by atoms with E-state index in [9.17, 15) is 4.39 Å². The fourth-order valence-electron chi connectivity index (χ4n) is 4.39. The number of rotatable bonds is 19. The number of aromatic nitrogens is 2. The fourth-order valence-corrected chi connectivity index (χ4v) is 4.39. The van der Waals surface area contributed by atoms with Crippen LogP contribution in [0.15, 0.2) is 36.7 Å². The van der Waals surface area contributed by atoms with E-state index in [2.05, 4.69) is 48.1 Å². The minimum atomic E-state index is -0.820. The lowest BCUT2D eigenvalue weighted by Gasteiger charge is -2.16. The maximum absolute atomic E-state index is 14.1. The largest absolute Gasteiger partial charge is 0.490 e. The molecule has 3 nitrogen and oxygen atoms in total. The summed E-state index contributed by atoms with van der Waals surface area (Å²) < 4.78 is 19.7. The summed E-state index contributed by atoms with van der Waals surface area (Å²) >= 11 is 0. The summed E-state index contributed by atoms with van der Waals surface area (Å²) in [6.45, 7) is 6.68. The zero-order valence-corrected chi connectivity index (χ0v) is 21.9. The van der Waals surface area contributed by atoms with Crippen molar-refractivity contribution in [2.45, 2.75) is 117 Å². The van der Waals surface area contributed by atoms with Crippen molar-refractivity contribution in [3.63, 3.8) is 0 Å². The van der Waals surface area contributed by atoms with Gasteiger partial charge < -0.3 is 4.74 Å². The molecule has 1 aromatic heterocycles. The van der Waals surface area contributed by atoms with Gasteiger partial charge in [0.15, 0.2) is 11.6 Å². The number of ether oxygens (including phenoxy) is 1. The van der Waals surface area contributed by atoms with Crippen LogP contribution in [-0.2, 0) is 6.42 Å². The fraction of sp³-hybridized carbons (Fsp3) is 0.667. The minimum absolute atomic E-state index is 0.0836. The number of halogens is 1. The van der Waals surface area contributed by atoms with Crippen LogP contribution in [0, 0.1) is 5.92 Å². The Labute approximate surface area is 208 Å². The molecule has 0 aliphatic heterocycles. The smallest absolute Gasteiger partial charge is 0.159 e. The minimum Gasteiger partial charge on any atom is -0.490 e. The number of nitrogens with zero attached hydrogens (tertiary/aromatic N) is 2. The third-order valence-electron chi connectivity index (χ3n) is 6.68. The van der Waals surface area contributed by atoms with Crippen LogP contribution in [0.1, 0.15) is 110 Å². The number of alkyl halides is 1. The number of hydrogen-bond acceptors (Lipinski definition) is 3. The van der Waals surface area contributed by atoms with Crippen LogP contribution < -0.4 is 4.74 Å². The first-order valence-corrected chi connectivity index (χ1v) is 13.8. The van der Waals surface area contributed by atoms with E-state index in [1.165, 1.54) is 69.8 Å². The Hall–Kier alpha value is -1.97. The standard InChI is InChI=1S/C30H47FN2O/c1-4-6-7-8-9-10-11-12-13-14-16-26-17-19-27(20-18-26)30-32-23-28(24-33-30)34-22-21-29(31)25(3)15-5-2/h17-20,23-25,29H,4-16,21-22H2,1-3H3. The monoisotopic (exact) mass is 470 g/mol. The van der Waals surface area contributed by atoms with Crippen molar-refractivity contribution in [1.29, 1.82) is 0 Å². The van der Waals surface area contributed by atoms with E-state index in [1.54, 1.807) is 12.4 Å². The van der Waals surface area contributed by atoms with E-state index in [0.29, 0.717) is 24.6 Å². The predicted molar refractivity (Wildman–Crippen MR) is 142 cm³/mol. The Bertz CT molecular complexity index is 747. The van der Waals surface area contributed by atoms with Gasteiger partial charge >= 0.3 is 0 Å². The molecule has 2 rings (SSSR count). The molecule has 0 radical (unpaired) electrons. The average molecular weight is 471 g/mol. The van der Waals surface area contributed by atoms with Gasteiger partial charge in [0.25, 0.3) is 0 Å². The van der Waals surface area contributed by atoms with Gasteiger partial charge in [-0.1, -0.05) is 109 Å². The van der Waals surface area contributed by atoms with Gasteiger partial charge in [-0.2, -0.15) is 0 Å². The Kier molecular flexibility index (Phi) is 14.5. The molecule has 0 saturated carbocycles. The molecule has 1 aromatic carbocycles. The van der Waals surface area contributed by atoms with Crippen molar-refractivity contribution in [3.05, 3.63) is 42.2 Å². The number of hydrogen-bond donors (Lipinski definition) is 0. The van der Waals surface area contributed by atoms with Crippen LogP contribution in [0.5, 0.6) is 5.75 Å². The molecule has 2 unspecified atom stereocenters. The van der Waals surface area contributed by atoms with Gasteiger partial charge in [0.1, 0.15) is 6.17 Å². The van der Waals surface area contributed by atoms with Gasteiger partial charge in [-0.25, -0.2) is 14.4 Å².